The summed E-state index contributed by atoms with van der Waals surface area (Å²) in [5.41, 5.74) is 0. The van der Waals surface area contributed by atoms with Crippen molar-refractivity contribution in [2.45, 2.75) is 34.9 Å². The van der Waals surface area contributed by atoms with Crippen LogP contribution in [0.5, 0.6) is 0 Å². The van der Waals surface area contributed by atoms with Gasteiger partial charge in [0, 0.05) is 6.07 Å². The average Bonchev–Trinajstić information content (AvgIpc) is 2.76. The van der Waals surface area contributed by atoms with Crippen LogP contribution in [0.25, 0.3) is 0 Å². The van der Waals surface area contributed by atoms with Gasteiger partial charge in [0.2, 0.25) is 10.0 Å². The van der Waals surface area contributed by atoms with E-state index in [1.165, 1.54) is 16.9 Å². The molecule has 0 bridgehead atoms. The quantitative estimate of drug-likeness (QED) is 0.611. The van der Waals surface area contributed by atoms with Crippen LogP contribution in [-0.2, 0) is 21.1 Å². The molecule has 0 saturated heterocycles. The molecule has 11 heteroatoms. The standard InChI is InChI=1S/C10H15Cl2N3O4S2/c1-21(18,19)14-10-2-3-13-15(10)8-4-7(12)9(20(16)17)5-6(8)11/h2-3,6-9,14H,4-5H2,1H3,(H,16,17). The van der Waals surface area contributed by atoms with Crippen LogP contribution in [0, 0.1) is 0 Å². The van der Waals surface area contributed by atoms with Gasteiger partial charge in [-0.25, -0.2) is 17.3 Å². The van der Waals surface area contributed by atoms with Crippen molar-refractivity contribution in [3.8, 4) is 0 Å². The third kappa shape index (κ3) is 4.10. The predicted molar refractivity (Wildman–Crippen MR) is 82.8 cm³/mol. The Bertz CT molecular complexity index is 636. The Balaban J connectivity index is 2.24. The van der Waals surface area contributed by atoms with Crippen LogP contribution in [0.15, 0.2) is 12.3 Å². The summed E-state index contributed by atoms with van der Waals surface area (Å²) in [6.45, 7) is 0. The van der Waals surface area contributed by atoms with Gasteiger partial charge in [0.15, 0.2) is 11.1 Å². The van der Waals surface area contributed by atoms with Gasteiger partial charge in [0.1, 0.15) is 5.82 Å². The Kier molecular flexibility index (Phi) is 5.19. The van der Waals surface area contributed by atoms with Gasteiger partial charge in [0.05, 0.1) is 34.5 Å². The molecule has 1 fully saturated rings. The number of sulfonamides is 1. The van der Waals surface area contributed by atoms with Gasteiger partial charge < -0.3 is 4.55 Å². The molecule has 5 atom stereocenters. The maximum Gasteiger partial charge on any atom is 0.230 e. The van der Waals surface area contributed by atoms with Gasteiger partial charge in [-0.05, 0) is 12.8 Å². The highest BCUT2D eigenvalue weighted by molar-refractivity contribution is 7.92. The van der Waals surface area contributed by atoms with Crippen molar-refractivity contribution >= 4 is 50.1 Å². The van der Waals surface area contributed by atoms with Crippen LogP contribution in [-0.4, -0.2) is 49.2 Å². The molecular formula is C10H15Cl2N3O4S2. The zero-order valence-corrected chi connectivity index (χ0v) is 14.2. The Labute approximate surface area is 135 Å². The summed E-state index contributed by atoms with van der Waals surface area (Å²) < 4.78 is 46.9. The first kappa shape index (κ1) is 17.0. The number of alkyl halides is 2. The summed E-state index contributed by atoms with van der Waals surface area (Å²) >= 11 is 10.4. The summed E-state index contributed by atoms with van der Waals surface area (Å²) in [7, 11) is -3.44. The summed E-state index contributed by atoms with van der Waals surface area (Å²) in [4.78, 5) is 0. The average molecular weight is 376 g/mol. The number of hydrogen-bond donors (Lipinski definition) is 2. The fourth-order valence-corrected chi connectivity index (χ4v) is 4.70. The second-order valence-corrected chi connectivity index (χ2v) is 8.95. The van der Waals surface area contributed by atoms with Gasteiger partial charge in [-0.3, -0.25) is 4.72 Å². The molecule has 2 rings (SSSR count). The number of aromatic nitrogens is 2. The third-order valence-electron chi connectivity index (χ3n) is 3.28. The van der Waals surface area contributed by atoms with E-state index in [1.807, 2.05) is 0 Å². The van der Waals surface area contributed by atoms with Crippen molar-refractivity contribution in [1.82, 2.24) is 9.78 Å². The molecule has 21 heavy (non-hydrogen) atoms. The van der Waals surface area contributed by atoms with Crippen molar-refractivity contribution in [2.24, 2.45) is 0 Å². The van der Waals surface area contributed by atoms with Gasteiger partial charge in [-0.15, -0.1) is 23.2 Å². The molecule has 120 valence electrons. The van der Waals surface area contributed by atoms with Crippen molar-refractivity contribution in [2.75, 3.05) is 11.0 Å². The molecule has 0 amide bonds. The highest BCUT2D eigenvalue weighted by Crippen LogP contribution is 2.38. The van der Waals surface area contributed by atoms with Gasteiger partial charge in [-0.1, -0.05) is 0 Å². The molecule has 0 aromatic carbocycles. The molecule has 1 aliphatic carbocycles. The second-order valence-electron chi connectivity index (χ2n) is 4.92. The van der Waals surface area contributed by atoms with Crippen molar-refractivity contribution in [3.63, 3.8) is 0 Å². The molecule has 1 heterocycles. The van der Waals surface area contributed by atoms with E-state index in [9.17, 15) is 17.2 Å². The molecule has 0 aliphatic heterocycles. The molecule has 2 N–H and O–H groups in total. The Hall–Kier alpha value is -0.350. The van der Waals surface area contributed by atoms with Crippen molar-refractivity contribution in [1.29, 1.82) is 0 Å². The van der Waals surface area contributed by atoms with Gasteiger partial charge >= 0.3 is 0 Å². The number of nitrogens with zero attached hydrogens (tertiary/aromatic N) is 2. The van der Waals surface area contributed by atoms with Crippen molar-refractivity contribution in [3.05, 3.63) is 12.3 Å². The van der Waals surface area contributed by atoms with E-state index in [0.29, 0.717) is 12.2 Å². The number of halogens is 2. The third-order valence-corrected chi connectivity index (χ3v) is 6.00. The van der Waals surface area contributed by atoms with E-state index in [0.717, 1.165) is 6.26 Å². The molecule has 0 spiro atoms. The number of hydrogen-bond acceptors (Lipinski definition) is 4. The molecule has 7 nitrogen and oxygen atoms in total. The molecule has 1 saturated carbocycles. The van der Waals surface area contributed by atoms with Crippen LogP contribution >= 0.6 is 23.2 Å². The SMILES string of the molecule is CS(=O)(=O)Nc1ccnn1C1CC(Cl)C(S(=O)O)CC1Cl. The minimum absolute atomic E-state index is 0.252. The zero-order chi connectivity index (χ0) is 15.8. The van der Waals surface area contributed by atoms with Crippen LogP contribution in [0.2, 0.25) is 0 Å². The maximum atomic E-state index is 11.3. The van der Waals surface area contributed by atoms with Crippen molar-refractivity contribution < 1.29 is 17.2 Å². The molecule has 1 aliphatic rings. The molecular weight excluding hydrogens is 361 g/mol. The minimum atomic E-state index is -3.44. The molecule has 1 aromatic rings. The fourth-order valence-electron chi connectivity index (χ4n) is 2.37. The highest BCUT2D eigenvalue weighted by Gasteiger charge is 2.40. The maximum absolute atomic E-state index is 11.3. The smallest absolute Gasteiger partial charge is 0.230 e. The first-order valence-electron chi connectivity index (χ1n) is 6.08. The minimum Gasteiger partial charge on any atom is -0.306 e. The molecule has 1 aromatic heterocycles. The highest BCUT2D eigenvalue weighted by atomic mass is 35.5. The molecule has 0 radical (unpaired) electrons. The number of anilines is 1. The molecule has 5 unspecified atom stereocenters. The van der Waals surface area contributed by atoms with E-state index >= 15 is 0 Å². The lowest BCUT2D eigenvalue weighted by atomic mass is 9.94. The topological polar surface area (TPSA) is 101 Å². The van der Waals surface area contributed by atoms with Crippen LogP contribution in [0.1, 0.15) is 18.9 Å². The summed E-state index contributed by atoms with van der Waals surface area (Å²) in [6, 6.07) is 1.16. The fraction of sp³-hybridized carbons (Fsp3) is 0.700. The number of rotatable bonds is 4. The monoisotopic (exact) mass is 375 g/mol. The normalized spacial score (nSPS) is 31.8. The summed E-state index contributed by atoms with van der Waals surface area (Å²) in [5, 5.41) is 2.48. The van der Waals surface area contributed by atoms with Crippen LogP contribution in [0.4, 0.5) is 5.82 Å². The summed E-state index contributed by atoms with van der Waals surface area (Å²) in [6.07, 6.45) is 3.07. The second kappa shape index (κ2) is 6.41. The van der Waals surface area contributed by atoms with Crippen LogP contribution in [0.3, 0.4) is 0 Å². The van der Waals surface area contributed by atoms with Gasteiger partial charge in [0.25, 0.3) is 0 Å². The Morgan fingerprint density at radius 2 is 2.10 bits per heavy atom. The largest absolute Gasteiger partial charge is 0.306 e. The predicted octanol–water partition coefficient (Wildman–Crippen LogP) is 1.39. The lowest BCUT2D eigenvalue weighted by molar-refractivity contribution is 0.341. The summed E-state index contributed by atoms with van der Waals surface area (Å²) in [5.74, 6) is 0.292. The van der Waals surface area contributed by atoms with Gasteiger partial charge in [-0.2, -0.15) is 5.10 Å². The first-order valence-corrected chi connectivity index (χ1v) is 10.0. The van der Waals surface area contributed by atoms with E-state index in [4.69, 9.17) is 23.2 Å². The lowest BCUT2D eigenvalue weighted by Gasteiger charge is -2.35. The Morgan fingerprint density at radius 3 is 2.67 bits per heavy atom. The van der Waals surface area contributed by atoms with E-state index in [-0.39, 0.29) is 12.5 Å². The van der Waals surface area contributed by atoms with E-state index in [2.05, 4.69) is 9.82 Å². The first-order chi connectivity index (χ1) is 9.69. The van der Waals surface area contributed by atoms with E-state index < -0.39 is 37.1 Å². The Morgan fingerprint density at radius 1 is 1.43 bits per heavy atom. The van der Waals surface area contributed by atoms with E-state index in [1.54, 1.807) is 0 Å². The number of nitrogens with one attached hydrogen (secondary N) is 1. The lowest BCUT2D eigenvalue weighted by Crippen LogP contribution is -2.41. The van der Waals surface area contributed by atoms with Crippen LogP contribution < -0.4 is 4.72 Å². The zero-order valence-electron chi connectivity index (χ0n) is 11.0.